The molecule has 0 amide bonds. The van der Waals surface area contributed by atoms with Gasteiger partial charge in [0.2, 0.25) is 0 Å². The maximum Gasteiger partial charge on any atom is 0.0569 e. The maximum absolute atomic E-state index is 3.63. The molecule has 0 radical (unpaired) electrons. The monoisotopic (exact) mass is 622 g/mol. The van der Waals surface area contributed by atoms with E-state index in [9.17, 15) is 0 Å². The molecule has 0 aromatic heterocycles. The highest BCUT2D eigenvalue weighted by atomic mass is 15.1. The van der Waals surface area contributed by atoms with Crippen molar-refractivity contribution in [3.05, 3.63) is 194 Å². The average Bonchev–Trinajstić information content (AvgIpc) is 3.07. The van der Waals surface area contributed by atoms with Gasteiger partial charge in [-0.05, 0) is 87.7 Å². The number of benzene rings is 5. The predicted octanol–water partition coefficient (Wildman–Crippen LogP) is 13.5. The summed E-state index contributed by atoms with van der Waals surface area (Å²) in [5.74, 6) is 0.833. The first-order valence-electron chi connectivity index (χ1n) is 16.3. The molecule has 0 spiro atoms. The number of nitrogens with one attached hydrogen (secondary N) is 1. The average molecular weight is 623 g/mol. The Kier molecular flexibility index (Phi) is 16.9. The Bertz CT molecular complexity index is 1530. The first-order chi connectivity index (χ1) is 22.6. The number of hydrogen-bond donors (Lipinski definition) is 1. The van der Waals surface area contributed by atoms with E-state index in [1.807, 2.05) is 49.4 Å². The highest BCUT2D eigenvalue weighted by Gasteiger charge is 2.21. The first-order valence-corrected chi connectivity index (χ1v) is 16.3. The minimum atomic E-state index is -0.176. The van der Waals surface area contributed by atoms with Crippen LogP contribution in [0, 0.1) is 12.8 Å². The van der Waals surface area contributed by atoms with Gasteiger partial charge in [-0.25, -0.2) is 0 Å². The van der Waals surface area contributed by atoms with Gasteiger partial charge in [0, 0.05) is 22.7 Å². The van der Waals surface area contributed by atoms with E-state index in [1.165, 1.54) is 11.1 Å². The van der Waals surface area contributed by atoms with Gasteiger partial charge in [0.25, 0.3) is 0 Å². The van der Waals surface area contributed by atoms with Gasteiger partial charge in [0.1, 0.15) is 0 Å². The Morgan fingerprint density at radius 3 is 1.34 bits per heavy atom. The van der Waals surface area contributed by atoms with Crippen LogP contribution >= 0.6 is 0 Å². The molecule has 47 heavy (non-hydrogen) atoms. The van der Waals surface area contributed by atoms with Crippen LogP contribution in [0.4, 0.5) is 22.7 Å². The maximum atomic E-state index is 3.63. The van der Waals surface area contributed by atoms with Crippen LogP contribution in [0.1, 0.15) is 52.7 Å². The number of allylic oxidation sites excluding steroid dienone is 4. The van der Waals surface area contributed by atoms with E-state index in [2.05, 4.69) is 174 Å². The zero-order chi connectivity index (χ0) is 34.5. The van der Waals surface area contributed by atoms with Gasteiger partial charge < -0.3 is 10.2 Å². The Hall–Kier alpha value is -5.08. The molecule has 0 heterocycles. The first kappa shape index (κ1) is 38.1. The number of anilines is 4. The summed E-state index contributed by atoms with van der Waals surface area (Å²) >= 11 is 0. The number of nitrogens with zero attached hydrogens (tertiary/aromatic N) is 1. The lowest BCUT2D eigenvalue weighted by Gasteiger charge is -2.30. The van der Waals surface area contributed by atoms with Crippen LogP contribution in [0.2, 0.25) is 0 Å². The highest BCUT2D eigenvalue weighted by molar-refractivity contribution is 5.76. The summed E-state index contributed by atoms with van der Waals surface area (Å²) in [6, 6.07) is 50.4. The van der Waals surface area contributed by atoms with Crippen LogP contribution < -0.4 is 10.2 Å². The van der Waals surface area contributed by atoms with E-state index in [0.717, 1.165) is 34.2 Å². The van der Waals surface area contributed by atoms with E-state index in [4.69, 9.17) is 0 Å². The lowest BCUT2D eigenvalue weighted by Crippen LogP contribution is -2.27. The molecule has 2 nitrogen and oxygen atoms in total. The molecule has 0 fully saturated rings. The zero-order valence-corrected chi connectivity index (χ0v) is 29.5. The topological polar surface area (TPSA) is 15.3 Å². The lowest BCUT2D eigenvalue weighted by molar-refractivity contribution is 0.609. The fourth-order valence-electron chi connectivity index (χ4n) is 4.37. The normalized spacial score (nSPS) is 10.5. The molecular weight excluding hydrogens is 569 g/mol. The third-order valence-electron chi connectivity index (χ3n) is 6.75. The highest BCUT2D eigenvalue weighted by Crippen LogP contribution is 2.35. The molecule has 0 saturated heterocycles. The fraction of sp³-hybridized carbons (Fsp3) is 0.200. The summed E-state index contributed by atoms with van der Waals surface area (Å²) in [5, 5.41) is 3.63. The van der Waals surface area contributed by atoms with Crippen molar-refractivity contribution in [2.75, 3.05) is 10.2 Å². The summed E-state index contributed by atoms with van der Waals surface area (Å²) in [4.78, 5) is 2.28. The van der Waals surface area contributed by atoms with Gasteiger partial charge in [-0.3, -0.25) is 0 Å². The molecule has 2 heteroatoms. The molecule has 0 aliphatic rings. The Morgan fingerprint density at radius 2 is 1.00 bits per heavy atom. The SMILES string of the molecule is C=C/C=C(/C)C=C.CC(C)(Nc1ccccc1)c1ccc(N(c2ccccc2)c2ccccc2)cc1.CC(C)C.Cc1ccccc1. The number of rotatable bonds is 8. The zero-order valence-electron chi connectivity index (χ0n) is 29.5. The van der Waals surface area contributed by atoms with Gasteiger partial charge >= 0.3 is 0 Å². The molecule has 5 aromatic rings. The third kappa shape index (κ3) is 14.7. The number of para-hydroxylation sites is 3. The van der Waals surface area contributed by atoms with Crippen molar-refractivity contribution in [3.8, 4) is 0 Å². The molecule has 5 rings (SSSR count). The summed E-state index contributed by atoms with van der Waals surface area (Å²) in [6.07, 6.45) is 5.45. The van der Waals surface area contributed by atoms with Gasteiger partial charge in [-0.2, -0.15) is 0 Å². The van der Waals surface area contributed by atoms with Gasteiger partial charge in [-0.15, -0.1) is 0 Å². The Morgan fingerprint density at radius 1 is 0.617 bits per heavy atom. The van der Waals surface area contributed by atoms with E-state index in [-0.39, 0.29) is 5.54 Å². The van der Waals surface area contributed by atoms with Crippen molar-refractivity contribution in [2.24, 2.45) is 5.92 Å². The van der Waals surface area contributed by atoms with Gasteiger partial charge in [-0.1, -0.05) is 160 Å². The smallest absolute Gasteiger partial charge is 0.0569 e. The van der Waals surface area contributed by atoms with Crippen LogP contribution in [0.15, 0.2) is 183 Å². The molecule has 0 atom stereocenters. The summed E-state index contributed by atoms with van der Waals surface area (Å²) in [5.41, 5.74) is 8.09. The second-order valence-corrected chi connectivity index (χ2v) is 12.4. The number of aryl methyl sites for hydroxylation is 1. The molecule has 0 unspecified atom stereocenters. The molecule has 0 aliphatic carbocycles. The van der Waals surface area contributed by atoms with E-state index < -0.39 is 0 Å². The molecule has 0 aliphatic heterocycles. The standard InChI is InChI=1S/C27H26N2.C7H8.C7H10.C4H10/c1-27(2,28-23-12-6-3-7-13-23)22-18-20-26(21-19-22)29(24-14-8-4-9-15-24)25-16-10-5-11-17-25;1-7-5-3-2-4-6-7;1-4-6-7(3)5-2;1-4(2)3/h3-21,28H,1-2H3;2-6H,1H3;4-6H,1-2H2,3H3;4H,1-3H3/b;;7-6-;. The largest absolute Gasteiger partial charge is 0.376 e. The van der Waals surface area contributed by atoms with E-state index >= 15 is 0 Å². The minimum Gasteiger partial charge on any atom is -0.376 e. The summed E-state index contributed by atoms with van der Waals surface area (Å²) in [6.45, 7) is 22.1. The fourth-order valence-corrected chi connectivity index (χ4v) is 4.37. The van der Waals surface area contributed by atoms with Crippen LogP contribution in [0.25, 0.3) is 0 Å². The molecule has 0 saturated carbocycles. The van der Waals surface area contributed by atoms with Gasteiger partial charge in [0.15, 0.2) is 0 Å². The van der Waals surface area contributed by atoms with Crippen LogP contribution in [-0.2, 0) is 5.54 Å². The van der Waals surface area contributed by atoms with Crippen molar-refractivity contribution >= 4 is 22.7 Å². The number of hydrogen-bond acceptors (Lipinski definition) is 2. The van der Waals surface area contributed by atoms with Crippen molar-refractivity contribution in [3.63, 3.8) is 0 Å². The van der Waals surface area contributed by atoms with E-state index in [0.29, 0.717) is 0 Å². The third-order valence-corrected chi connectivity index (χ3v) is 6.75. The second kappa shape index (κ2) is 20.9. The van der Waals surface area contributed by atoms with Crippen molar-refractivity contribution in [2.45, 2.75) is 54.0 Å². The van der Waals surface area contributed by atoms with E-state index in [1.54, 1.807) is 12.2 Å². The molecule has 1 N–H and O–H groups in total. The van der Waals surface area contributed by atoms with Gasteiger partial charge in [0.05, 0.1) is 5.54 Å². The molecular formula is C45H54N2. The Balaban J connectivity index is 0.000000348. The summed E-state index contributed by atoms with van der Waals surface area (Å²) in [7, 11) is 0. The Labute approximate surface area is 285 Å². The second-order valence-electron chi connectivity index (χ2n) is 12.4. The summed E-state index contributed by atoms with van der Waals surface area (Å²) < 4.78 is 0. The molecule has 0 bridgehead atoms. The quantitative estimate of drug-likeness (QED) is 0.173. The van der Waals surface area contributed by atoms with Crippen LogP contribution in [0.5, 0.6) is 0 Å². The van der Waals surface area contributed by atoms with Crippen LogP contribution in [-0.4, -0.2) is 0 Å². The minimum absolute atomic E-state index is 0.176. The molecule has 5 aromatic carbocycles. The van der Waals surface area contributed by atoms with Crippen molar-refractivity contribution < 1.29 is 0 Å². The lowest BCUT2D eigenvalue weighted by atomic mass is 9.93. The molecule has 244 valence electrons. The van der Waals surface area contributed by atoms with Crippen LogP contribution in [0.3, 0.4) is 0 Å². The van der Waals surface area contributed by atoms with Crippen molar-refractivity contribution in [1.29, 1.82) is 0 Å². The predicted molar refractivity (Wildman–Crippen MR) is 210 cm³/mol. The van der Waals surface area contributed by atoms with Crippen molar-refractivity contribution in [1.82, 2.24) is 0 Å².